The van der Waals surface area contributed by atoms with Crippen molar-refractivity contribution in [2.45, 2.75) is 26.1 Å². The molecule has 1 aromatic carbocycles. The highest BCUT2D eigenvalue weighted by Crippen LogP contribution is 2.28. The monoisotopic (exact) mass is 291 g/mol. The lowest BCUT2D eigenvalue weighted by molar-refractivity contribution is -0.239. The third kappa shape index (κ3) is 2.49. The van der Waals surface area contributed by atoms with Crippen molar-refractivity contribution in [2.75, 3.05) is 0 Å². The highest BCUT2D eigenvalue weighted by atomic mass is 19.1. The summed E-state index contributed by atoms with van der Waals surface area (Å²) in [5.41, 5.74) is 1.41. The van der Waals surface area contributed by atoms with Crippen LogP contribution in [0.5, 0.6) is 0 Å². The number of H-pyrrole nitrogens is 1. The highest BCUT2D eigenvalue weighted by molar-refractivity contribution is 5.97. The molecule has 1 aliphatic rings. The minimum absolute atomic E-state index is 0.108. The second kappa shape index (κ2) is 4.58. The van der Waals surface area contributed by atoms with Crippen molar-refractivity contribution in [3.05, 3.63) is 35.8 Å². The molecule has 0 amide bonds. The fourth-order valence-electron chi connectivity index (χ4n) is 2.45. The molecular weight excluding hydrogens is 277 g/mol. The van der Waals surface area contributed by atoms with Gasteiger partial charge in [-0.1, -0.05) is 0 Å². The van der Waals surface area contributed by atoms with Crippen molar-refractivity contribution in [1.82, 2.24) is 4.98 Å². The molecule has 6 heteroatoms. The fraction of sp³-hybridized carbons (Fsp3) is 0.333. The SMILES string of the molecule is CC1(C)OC(=O)C(Cc2c[nH]c3ccc(F)cc23)C(=O)O1. The van der Waals surface area contributed by atoms with Crippen molar-refractivity contribution >= 4 is 22.8 Å². The Morgan fingerprint density at radius 2 is 1.90 bits per heavy atom. The molecule has 0 unspecified atom stereocenters. The first-order valence-electron chi connectivity index (χ1n) is 6.57. The molecule has 0 saturated carbocycles. The summed E-state index contributed by atoms with van der Waals surface area (Å²) in [5.74, 6) is -3.89. The topological polar surface area (TPSA) is 68.4 Å². The molecule has 0 spiro atoms. The van der Waals surface area contributed by atoms with Gasteiger partial charge in [0.2, 0.25) is 0 Å². The number of rotatable bonds is 2. The van der Waals surface area contributed by atoms with Gasteiger partial charge in [0.1, 0.15) is 5.82 Å². The van der Waals surface area contributed by atoms with Crippen LogP contribution in [0.1, 0.15) is 19.4 Å². The van der Waals surface area contributed by atoms with Gasteiger partial charge in [0, 0.05) is 30.9 Å². The number of benzene rings is 1. The van der Waals surface area contributed by atoms with Gasteiger partial charge >= 0.3 is 11.9 Å². The van der Waals surface area contributed by atoms with Crippen molar-refractivity contribution in [3.63, 3.8) is 0 Å². The number of carbonyl (C=O) groups is 2. The van der Waals surface area contributed by atoms with E-state index >= 15 is 0 Å². The van der Waals surface area contributed by atoms with E-state index in [2.05, 4.69) is 4.98 Å². The maximum atomic E-state index is 13.3. The van der Waals surface area contributed by atoms with Crippen LogP contribution >= 0.6 is 0 Å². The molecule has 21 heavy (non-hydrogen) atoms. The van der Waals surface area contributed by atoms with Crippen molar-refractivity contribution in [1.29, 1.82) is 0 Å². The van der Waals surface area contributed by atoms with Gasteiger partial charge in [-0.25, -0.2) is 4.39 Å². The number of hydrogen-bond acceptors (Lipinski definition) is 4. The van der Waals surface area contributed by atoms with Crippen LogP contribution in [0.2, 0.25) is 0 Å². The molecule has 0 aliphatic carbocycles. The first-order valence-corrected chi connectivity index (χ1v) is 6.57. The summed E-state index contributed by atoms with van der Waals surface area (Å²) in [6.45, 7) is 3.00. The zero-order valence-electron chi connectivity index (χ0n) is 11.6. The Hall–Kier alpha value is -2.37. The van der Waals surface area contributed by atoms with E-state index in [1.54, 1.807) is 12.3 Å². The van der Waals surface area contributed by atoms with Crippen LogP contribution in [0, 0.1) is 11.7 Å². The van der Waals surface area contributed by atoms with Crippen LogP contribution in [-0.4, -0.2) is 22.7 Å². The molecule has 2 aromatic rings. The average molecular weight is 291 g/mol. The van der Waals surface area contributed by atoms with E-state index in [1.165, 1.54) is 26.0 Å². The molecule has 0 atom stereocenters. The van der Waals surface area contributed by atoms with Gasteiger partial charge in [0.05, 0.1) is 0 Å². The van der Waals surface area contributed by atoms with Crippen molar-refractivity contribution in [3.8, 4) is 0 Å². The molecule has 1 N–H and O–H groups in total. The van der Waals surface area contributed by atoms with Crippen molar-refractivity contribution in [2.24, 2.45) is 5.92 Å². The van der Waals surface area contributed by atoms with Crippen LogP contribution in [-0.2, 0) is 25.5 Å². The number of carbonyl (C=O) groups excluding carboxylic acids is 2. The molecule has 110 valence electrons. The zero-order chi connectivity index (χ0) is 15.2. The molecular formula is C15H14FNO4. The number of esters is 2. The first-order chi connectivity index (χ1) is 9.85. The molecule has 0 bridgehead atoms. The number of ether oxygens (including phenoxy) is 2. The second-order valence-electron chi connectivity index (χ2n) is 5.50. The molecule has 2 heterocycles. The lowest BCUT2D eigenvalue weighted by Crippen LogP contribution is -2.46. The Labute approximate surface area is 120 Å². The van der Waals surface area contributed by atoms with E-state index < -0.39 is 23.6 Å². The predicted molar refractivity (Wildman–Crippen MR) is 71.7 cm³/mol. The third-order valence-electron chi connectivity index (χ3n) is 3.42. The molecule has 1 fully saturated rings. The standard InChI is InChI=1S/C15H14FNO4/c1-15(2)20-13(18)11(14(19)21-15)5-8-7-17-12-4-3-9(16)6-10(8)12/h3-4,6-7,11,17H,5H2,1-2H3. The number of aromatic nitrogens is 1. The van der Waals surface area contributed by atoms with E-state index in [0.717, 1.165) is 5.52 Å². The van der Waals surface area contributed by atoms with Gasteiger partial charge in [0.15, 0.2) is 5.92 Å². The van der Waals surface area contributed by atoms with E-state index in [9.17, 15) is 14.0 Å². The number of aromatic amines is 1. The number of halogens is 1. The van der Waals surface area contributed by atoms with E-state index in [-0.39, 0.29) is 12.2 Å². The zero-order valence-corrected chi connectivity index (χ0v) is 11.6. The minimum Gasteiger partial charge on any atom is -0.422 e. The van der Waals surface area contributed by atoms with Gasteiger partial charge in [-0.2, -0.15) is 0 Å². The van der Waals surface area contributed by atoms with Gasteiger partial charge in [-0.05, 0) is 30.2 Å². The van der Waals surface area contributed by atoms with Gasteiger partial charge in [-0.15, -0.1) is 0 Å². The largest absolute Gasteiger partial charge is 0.422 e. The van der Waals surface area contributed by atoms with E-state index in [1.807, 2.05) is 0 Å². The average Bonchev–Trinajstić information content (AvgIpc) is 2.75. The molecule has 5 nitrogen and oxygen atoms in total. The smallest absolute Gasteiger partial charge is 0.323 e. The molecule has 1 aromatic heterocycles. The Bertz CT molecular complexity index is 714. The first kappa shape index (κ1) is 13.6. The number of fused-ring (bicyclic) bond motifs is 1. The van der Waals surface area contributed by atoms with Crippen molar-refractivity contribution < 1.29 is 23.5 Å². The lowest BCUT2D eigenvalue weighted by Gasteiger charge is -2.32. The summed E-state index contributed by atoms with van der Waals surface area (Å²) in [4.78, 5) is 26.9. The number of nitrogens with one attached hydrogen (secondary N) is 1. The Morgan fingerprint density at radius 1 is 1.24 bits per heavy atom. The normalized spacial score (nSPS) is 18.6. The van der Waals surface area contributed by atoms with Crippen LogP contribution in [0.3, 0.4) is 0 Å². The van der Waals surface area contributed by atoms with E-state index in [4.69, 9.17) is 9.47 Å². The number of cyclic esters (lactones) is 2. The quantitative estimate of drug-likeness (QED) is 0.681. The highest BCUT2D eigenvalue weighted by Gasteiger charge is 2.43. The van der Waals surface area contributed by atoms with Gasteiger partial charge in [0.25, 0.3) is 5.79 Å². The summed E-state index contributed by atoms with van der Waals surface area (Å²) in [7, 11) is 0. The maximum absolute atomic E-state index is 13.3. The van der Waals surface area contributed by atoms with Crippen LogP contribution in [0.4, 0.5) is 4.39 Å². The van der Waals surface area contributed by atoms with Crippen LogP contribution in [0.15, 0.2) is 24.4 Å². The lowest BCUT2D eigenvalue weighted by atomic mass is 9.98. The summed E-state index contributed by atoms with van der Waals surface area (Å²) in [5, 5.41) is 0.639. The minimum atomic E-state index is -1.24. The Balaban J connectivity index is 1.90. The van der Waals surface area contributed by atoms with Gasteiger partial charge < -0.3 is 14.5 Å². The maximum Gasteiger partial charge on any atom is 0.323 e. The fourth-order valence-corrected chi connectivity index (χ4v) is 2.45. The number of hydrogen-bond donors (Lipinski definition) is 1. The Kier molecular flexibility index (Phi) is 2.97. The Morgan fingerprint density at radius 3 is 2.57 bits per heavy atom. The summed E-state index contributed by atoms with van der Waals surface area (Å²) in [6, 6.07) is 4.31. The van der Waals surface area contributed by atoms with Crippen LogP contribution < -0.4 is 0 Å². The predicted octanol–water partition coefficient (Wildman–Crippen LogP) is 2.30. The molecule has 1 aliphatic heterocycles. The summed E-state index contributed by atoms with van der Waals surface area (Å²) < 4.78 is 23.5. The summed E-state index contributed by atoms with van der Waals surface area (Å²) in [6.07, 6.45) is 1.77. The van der Waals surface area contributed by atoms with Crippen LogP contribution in [0.25, 0.3) is 10.9 Å². The summed E-state index contributed by atoms with van der Waals surface area (Å²) >= 11 is 0. The third-order valence-corrected chi connectivity index (χ3v) is 3.42. The molecule has 1 saturated heterocycles. The molecule has 3 rings (SSSR count). The van der Waals surface area contributed by atoms with Gasteiger partial charge in [-0.3, -0.25) is 9.59 Å². The second-order valence-corrected chi connectivity index (χ2v) is 5.50. The molecule has 0 radical (unpaired) electrons. The van der Waals surface area contributed by atoms with E-state index in [0.29, 0.717) is 10.9 Å².